The normalized spacial score (nSPS) is 14.9. The molecule has 5 rings (SSSR count). The summed E-state index contributed by atoms with van der Waals surface area (Å²) < 4.78 is 1.58. The van der Waals surface area contributed by atoms with Gasteiger partial charge in [-0.1, -0.05) is 29.3 Å². The molecule has 3 N–H and O–H groups in total. The van der Waals surface area contributed by atoms with Crippen LogP contribution in [-0.4, -0.2) is 25.4 Å². The number of nitrogens with one attached hydrogen (secondary N) is 3. The second-order valence-corrected chi connectivity index (χ2v) is 8.65. The summed E-state index contributed by atoms with van der Waals surface area (Å²) in [5, 5.41) is 7.12. The maximum atomic E-state index is 13.2. The number of fused-ring (bicyclic) bond motifs is 2. The van der Waals surface area contributed by atoms with Gasteiger partial charge in [0.25, 0.3) is 5.56 Å². The summed E-state index contributed by atoms with van der Waals surface area (Å²) in [4.78, 5) is 37.9. The number of carbonyl (C=O) groups excluding carboxylic acids is 1. The highest BCUT2D eigenvalue weighted by atomic mass is 16.2. The van der Waals surface area contributed by atoms with Crippen LogP contribution in [-0.2, 0) is 24.3 Å². The Morgan fingerprint density at radius 3 is 2.76 bits per heavy atom. The predicted molar refractivity (Wildman–Crippen MR) is 127 cm³/mol. The van der Waals surface area contributed by atoms with E-state index in [1.54, 1.807) is 23.2 Å². The number of aromatic amines is 1. The molecule has 168 valence electrons. The lowest BCUT2D eigenvalue weighted by molar-refractivity contribution is -0.124. The van der Waals surface area contributed by atoms with Crippen LogP contribution in [0, 0.1) is 13.8 Å². The molecule has 0 fully saturated rings. The molecule has 0 radical (unpaired) electrons. The van der Waals surface area contributed by atoms with E-state index in [0.717, 1.165) is 27.9 Å². The standard InChI is InChI=1S/C25H26N6O2/c1-15-7-16(2)9-17(8-15)11-27-23-25(33)31-20(14-28-23)3-4-22(31)24(32)29-13-19-10-18-12-26-6-5-21(18)30-19/h5-10,12,14,22,30H,3-4,11,13H2,1-2H3,(H,27,28)(H,29,32)/t22-/m0/s1. The largest absolute Gasteiger partial charge is 0.361 e. The molecule has 0 aliphatic carbocycles. The Morgan fingerprint density at radius 1 is 1.15 bits per heavy atom. The fourth-order valence-electron chi connectivity index (χ4n) is 4.60. The van der Waals surface area contributed by atoms with Crippen molar-refractivity contribution < 1.29 is 4.79 Å². The van der Waals surface area contributed by atoms with Crippen molar-refractivity contribution in [3.05, 3.63) is 87.4 Å². The molecule has 1 aliphatic heterocycles. The van der Waals surface area contributed by atoms with Crippen molar-refractivity contribution in [1.29, 1.82) is 0 Å². The Labute approximate surface area is 191 Å². The summed E-state index contributed by atoms with van der Waals surface area (Å²) >= 11 is 0. The van der Waals surface area contributed by atoms with E-state index in [4.69, 9.17) is 0 Å². The summed E-state index contributed by atoms with van der Waals surface area (Å²) in [5.74, 6) is 0.0971. The van der Waals surface area contributed by atoms with E-state index in [9.17, 15) is 9.59 Å². The minimum atomic E-state index is -0.539. The molecule has 0 saturated carbocycles. The molecule has 4 heterocycles. The van der Waals surface area contributed by atoms with Crippen molar-refractivity contribution >= 4 is 22.6 Å². The Kier molecular flexibility index (Phi) is 5.42. The summed E-state index contributed by atoms with van der Waals surface area (Å²) in [7, 11) is 0. The third kappa shape index (κ3) is 4.24. The fraction of sp³-hybridized carbons (Fsp3) is 0.280. The van der Waals surface area contributed by atoms with Crippen LogP contribution in [0.4, 0.5) is 5.82 Å². The van der Waals surface area contributed by atoms with Crippen LogP contribution in [0.2, 0.25) is 0 Å². The number of carbonyl (C=O) groups is 1. The van der Waals surface area contributed by atoms with E-state index in [1.165, 1.54) is 11.1 Å². The molecular formula is C25H26N6O2. The first-order valence-electron chi connectivity index (χ1n) is 11.1. The Morgan fingerprint density at radius 2 is 1.97 bits per heavy atom. The molecule has 3 aromatic heterocycles. The second-order valence-electron chi connectivity index (χ2n) is 8.65. The average Bonchev–Trinajstić information content (AvgIpc) is 3.41. The number of rotatable bonds is 6. The fourth-order valence-corrected chi connectivity index (χ4v) is 4.60. The first-order chi connectivity index (χ1) is 16.0. The first kappa shape index (κ1) is 20.9. The second kappa shape index (κ2) is 8.54. The van der Waals surface area contributed by atoms with Crippen LogP contribution in [0.3, 0.4) is 0 Å². The highest BCUT2D eigenvalue weighted by Gasteiger charge is 2.30. The molecule has 0 spiro atoms. The molecule has 0 bridgehead atoms. The topological polar surface area (TPSA) is 105 Å². The van der Waals surface area contributed by atoms with Crippen molar-refractivity contribution in [2.24, 2.45) is 0 Å². The lowest BCUT2D eigenvalue weighted by atomic mass is 10.1. The van der Waals surface area contributed by atoms with Gasteiger partial charge in [-0.15, -0.1) is 0 Å². The number of amides is 1. The van der Waals surface area contributed by atoms with Crippen molar-refractivity contribution in [2.45, 2.75) is 45.8 Å². The van der Waals surface area contributed by atoms with E-state index in [0.29, 0.717) is 25.9 Å². The SMILES string of the molecule is Cc1cc(C)cc(CNc2ncc3n(c2=O)[C@H](C(=O)NCc2cc4cnccc4[nH]2)CC3)c1. The number of hydrogen-bond acceptors (Lipinski definition) is 5. The van der Waals surface area contributed by atoms with Crippen LogP contribution in [0.15, 0.2) is 53.7 Å². The Hall–Kier alpha value is -3.94. The van der Waals surface area contributed by atoms with Crippen LogP contribution in [0.1, 0.15) is 40.5 Å². The van der Waals surface area contributed by atoms with Crippen molar-refractivity contribution in [2.75, 3.05) is 5.32 Å². The molecular weight excluding hydrogens is 416 g/mol. The lowest BCUT2D eigenvalue weighted by Crippen LogP contribution is -2.36. The van der Waals surface area contributed by atoms with Gasteiger partial charge < -0.3 is 15.6 Å². The zero-order chi connectivity index (χ0) is 22.9. The van der Waals surface area contributed by atoms with E-state index >= 15 is 0 Å². The molecule has 8 nitrogen and oxygen atoms in total. The molecule has 1 aromatic carbocycles. The van der Waals surface area contributed by atoms with Crippen LogP contribution >= 0.6 is 0 Å². The molecule has 0 saturated heterocycles. The molecule has 1 aliphatic rings. The van der Waals surface area contributed by atoms with Gasteiger partial charge in [-0.25, -0.2) is 4.98 Å². The van der Waals surface area contributed by atoms with E-state index < -0.39 is 6.04 Å². The van der Waals surface area contributed by atoms with Gasteiger partial charge in [-0.2, -0.15) is 0 Å². The van der Waals surface area contributed by atoms with E-state index in [1.807, 2.05) is 12.1 Å². The van der Waals surface area contributed by atoms with Gasteiger partial charge in [0.15, 0.2) is 5.82 Å². The minimum absolute atomic E-state index is 0.168. The molecule has 33 heavy (non-hydrogen) atoms. The highest BCUT2D eigenvalue weighted by Crippen LogP contribution is 2.24. The summed E-state index contributed by atoms with van der Waals surface area (Å²) in [5.41, 5.74) is 5.83. The maximum Gasteiger partial charge on any atom is 0.294 e. The van der Waals surface area contributed by atoms with Gasteiger partial charge in [-0.05, 0) is 44.4 Å². The molecule has 1 atom stereocenters. The van der Waals surface area contributed by atoms with Gasteiger partial charge in [0, 0.05) is 47.4 Å². The number of hydrogen-bond donors (Lipinski definition) is 3. The minimum Gasteiger partial charge on any atom is -0.361 e. The van der Waals surface area contributed by atoms with E-state index in [-0.39, 0.29) is 17.3 Å². The lowest BCUT2D eigenvalue weighted by Gasteiger charge is -2.16. The molecule has 8 heteroatoms. The number of H-pyrrole nitrogens is 1. The summed E-state index contributed by atoms with van der Waals surface area (Å²) in [6, 6.07) is 9.61. The summed E-state index contributed by atoms with van der Waals surface area (Å²) in [6.07, 6.45) is 6.44. The number of nitrogens with zero attached hydrogens (tertiary/aromatic N) is 3. The van der Waals surface area contributed by atoms with Gasteiger partial charge >= 0.3 is 0 Å². The zero-order valence-electron chi connectivity index (χ0n) is 18.7. The third-order valence-corrected chi connectivity index (χ3v) is 6.03. The van der Waals surface area contributed by atoms with Crippen molar-refractivity contribution in [3.8, 4) is 0 Å². The monoisotopic (exact) mass is 442 g/mol. The van der Waals surface area contributed by atoms with Crippen LogP contribution < -0.4 is 16.2 Å². The smallest absolute Gasteiger partial charge is 0.294 e. The number of anilines is 1. The number of pyridine rings is 1. The van der Waals surface area contributed by atoms with Crippen LogP contribution in [0.25, 0.3) is 10.9 Å². The zero-order valence-corrected chi connectivity index (χ0v) is 18.7. The van der Waals surface area contributed by atoms with Gasteiger partial charge in [0.05, 0.1) is 6.54 Å². The van der Waals surface area contributed by atoms with Crippen molar-refractivity contribution in [1.82, 2.24) is 24.8 Å². The molecule has 1 amide bonds. The summed E-state index contributed by atoms with van der Waals surface area (Å²) in [6.45, 7) is 4.96. The van der Waals surface area contributed by atoms with Gasteiger partial charge in [-0.3, -0.25) is 19.1 Å². The number of aromatic nitrogens is 4. The molecule has 4 aromatic rings. The number of aryl methyl sites for hydroxylation is 3. The van der Waals surface area contributed by atoms with Crippen LogP contribution in [0.5, 0.6) is 0 Å². The first-order valence-corrected chi connectivity index (χ1v) is 11.1. The van der Waals surface area contributed by atoms with Gasteiger partial charge in [0.1, 0.15) is 6.04 Å². The third-order valence-electron chi connectivity index (χ3n) is 6.03. The maximum absolute atomic E-state index is 13.2. The quantitative estimate of drug-likeness (QED) is 0.426. The number of benzene rings is 1. The Bertz CT molecular complexity index is 1350. The average molecular weight is 443 g/mol. The molecule has 0 unspecified atom stereocenters. The van der Waals surface area contributed by atoms with Gasteiger partial charge in [0.2, 0.25) is 5.91 Å². The predicted octanol–water partition coefficient (Wildman–Crippen LogP) is 3.15. The Balaban J connectivity index is 1.30. The van der Waals surface area contributed by atoms with E-state index in [2.05, 4.69) is 57.6 Å². The van der Waals surface area contributed by atoms with Crippen molar-refractivity contribution in [3.63, 3.8) is 0 Å². The highest BCUT2D eigenvalue weighted by molar-refractivity contribution is 5.82.